The Kier molecular flexibility index (Phi) is 5.05. The molecule has 0 amide bonds. The Morgan fingerprint density at radius 1 is 0.708 bits per heavy atom. The van der Waals surface area contributed by atoms with Crippen LogP contribution in [-0.2, 0) is 0 Å². The molecule has 0 radical (unpaired) electrons. The van der Waals surface area contributed by atoms with Gasteiger partial charge in [0.2, 0.25) is 0 Å². The summed E-state index contributed by atoms with van der Waals surface area (Å²) in [5.74, 6) is 0. The van der Waals surface area contributed by atoms with Gasteiger partial charge in [0.1, 0.15) is 0 Å². The van der Waals surface area contributed by atoms with Gasteiger partial charge < -0.3 is 0 Å². The molecule has 0 saturated heterocycles. The van der Waals surface area contributed by atoms with Crippen molar-refractivity contribution in [2.24, 2.45) is 0 Å². The van der Waals surface area contributed by atoms with Gasteiger partial charge in [-0.25, -0.2) is 0 Å². The zero-order valence-corrected chi connectivity index (χ0v) is 13.7. The molecule has 2 heteroatoms. The molecule has 24 heavy (non-hydrogen) atoms. The third kappa shape index (κ3) is 3.71. The van der Waals surface area contributed by atoms with Gasteiger partial charge in [0, 0.05) is 6.04 Å². The van der Waals surface area contributed by atoms with Crippen LogP contribution in [0.5, 0.6) is 0 Å². The molecule has 0 aliphatic rings. The maximum Gasteiger partial charge on any atom is 0.0991 e. The largest absolute Gasteiger partial charge is 0.300 e. The van der Waals surface area contributed by atoms with Gasteiger partial charge in [0.05, 0.1) is 17.7 Å². The van der Waals surface area contributed by atoms with Crippen LogP contribution in [0.1, 0.15) is 41.3 Å². The number of nitriles is 1. The number of nitrogens with one attached hydrogen (secondary N) is 1. The second kappa shape index (κ2) is 7.59. The summed E-state index contributed by atoms with van der Waals surface area (Å²) in [6.45, 7) is 2.18. The third-order valence-electron chi connectivity index (χ3n) is 4.22. The van der Waals surface area contributed by atoms with Gasteiger partial charge in [0.25, 0.3) is 0 Å². The van der Waals surface area contributed by atoms with E-state index in [-0.39, 0.29) is 12.1 Å². The number of hydrogen-bond donors (Lipinski definition) is 1. The summed E-state index contributed by atoms with van der Waals surface area (Å²) in [6, 6.07) is 31.1. The van der Waals surface area contributed by atoms with E-state index in [0.717, 1.165) is 5.56 Å². The van der Waals surface area contributed by atoms with Gasteiger partial charge in [-0.3, -0.25) is 5.32 Å². The minimum atomic E-state index is 0.0779. The van der Waals surface area contributed by atoms with Crippen molar-refractivity contribution in [2.45, 2.75) is 19.0 Å². The smallest absolute Gasteiger partial charge is 0.0991 e. The second-order valence-electron chi connectivity index (χ2n) is 5.88. The highest BCUT2D eigenvalue weighted by atomic mass is 14.9. The number of benzene rings is 3. The lowest BCUT2D eigenvalue weighted by Crippen LogP contribution is -2.25. The SMILES string of the molecule is C[C@@H](NC(c1ccccc1)c1ccc(C#N)cc1)c1ccccc1. The highest BCUT2D eigenvalue weighted by molar-refractivity contribution is 5.37. The molecular weight excluding hydrogens is 292 g/mol. The molecule has 0 bridgehead atoms. The fourth-order valence-corrected chi connectivity index (χ4v) is 2.87. The zero-order chi connectivity index (χ0) is 16.8. The summed E-state index contributed by atoms with van der Waals surface area (Å²) in [7, 11) is 0. The molecule has 0 spiro atoms. The molecule has 2 nitrogen and oxygen atoms in total. The predicted octanol–water partition coefficient (Wildman–Crippen LogP) is 5.00. The first kappa shape index (κ1) is 16.0. The van der Waals surface area contributed by atoms with Gasteiger partial charge in [-0.2, -0.15) is 5.26 Å². The van der Waals surface area contributed by atoms with E-state index in [0.29, 0.717) is 5.56 Å². The van der Waals surface area contributed by atoms with Crippen molar-refractivity contribution in [1.29, 1.82) is 5.26 Å². The standard InChI is InChI=1S/C22H20N2/c1-17(19-8-4-2-5-9-19)24-22(20-10-6-3-7-11-20)21-14-12-18(16-23)13-15-21/h2-15,17,22,24H,1H3/t17-,22?/m1/s1. The first-order chi connectivity index (χ1) is 11.8. The normalized spacial score (nSPS) is 13.0. The molecule has 0 aliphatic heterocycles. The lowest BCUT2D eigenvalue weighted by atomic mass is 9.96. The van der Waals surface area contributed by atoms with Crippen LogP contribution in [0, 0.1) is 11.3 Å². The Bertz CT molecular complexity index is 802. The molecule has 1 unspecified atom stereocenters. The molecule has 0 aromatic heterocycles. The van der Waals surface area contributed by atoms with E-state index in [1.54, 1.807) is 0 Å². The molecule has 0 heterocycles. The van der Waals surface area contributed by atoms with Gasteiger partial charge >= 0.3 is 0 Å². The summed E-state index contributed by atoms with van der Waals surface area (Å²) in [6.07, 6.45) is 0. The summed E-state index contributed by atoms with van der Waals surface area (Å²) in [5, 5.41) is 12.7. The molecule has 3 aromatic carbocycles. The average molecular weight is 312 g/mol. The first-order valence-corrected chi connectivity index (χ1v) is 8.14. The van der Waals surface area contributed by atoms with Crippen LogP contribution in [0.2, 0.25) is 0 Å². The maximum atomic E-state index is 9.01. The Morgan fingerprint density at radius 2 is 1.21 bits per heavy atom. The van der Waals surface area contributed by atoms with E-state index in [1.807, 2.05) is 36.4 Å². The van der Waals surface area contributed by atoms with E-state index in [2.05, 4.69) is 66.8 Å². The summed E-state index contributed by atoms with van der Waals surface area (Å²) in [5.41, 5.74) is 4.31. The molecule has 3 rings (SSSR count). The monoisotopic (exact) mass is 312 g/mol. The van der Waals surface area contributed by atoms with Crippen LogP contribution in [0.4, 0.5) is 0 Å². The highest BCUT2D eigenvalue weighted by Crippen LogP contribution is 2.26. The lowest BCUT2D eigenvalue weighted by molar-refractivity contribution is 0.516. The van der Waals surface area contributed by atoms with Crippen LogP contribution >= 0.6 is 0 Å². The van der Waals surface area contributed by atoms with Crippen LogP contribution < -0.4 is 5.32 Å². The number of hydrogen-bond acceptors (Lipinski definition) is 2. The topological polar surface area (TPSA) is 35.8 Å². The molecule has 0 saturated carbocycles. The van der Waals surface area contributed by atoms with E-state index in [1.165, 1.54) is 11.1 Å². The highest BCUT2D eigenvalue weighted by Gasteiger charge is 2.17. The van der Waals surface area contributed by atoms with Crippen LogP contribution in [0.15, 0.2) is 84.9 Å². The molecule has 3 aromatic rings. The van der Waals surface area contributed by atoms with Crippen molar-refractivity contribution in [3.05, 3.63) is 107 Å². The predicted molar refractivity (Wildman–Crippen MR) is 97.4 cm³/mol. The Hall–Kier alpha value is -2.89. The van der Waals surface area contributed by atoms with E-state index in [4.69, 9.17) is 5.26 Å². The summed E-state index contributed by atoms with van der Waals surface area (Å²) < 4.78 is 0. The van der Waals surface area contributed by atoms with Crippen LogP contribution in [0.3, 0.4) is 0 Å². The van der Waals surface area contributed by atoms with Gasteiger partial charge in [-0.05, 0) is 35.7 Å². The van der Waals surface area contributed by atoms with Crippen LogP contribution in [-0.4, -0.2) is 0 Å². The minimum absolute atomic E-state index is 0.0779. The molecule has 0 fully saturated rings. The Morgan fingerprint density at radius 3 is 1.75 bits per heavy atom. The number of nitrogens with zero attached hydrogens (tertiary/aromatic N) is 1. The first-order valence-electron chi connectivity index (χ1n) is 8.14. The van der Waals surface area contributed by atoms with Crippen molar-refractivity contribution in [1.82, 2.24) is 5.32 Å². The second-order valence-corrected chi connectivity index (χ2v) is 5.88. The molecule has 2 atom stereocenters. The van der Waals surface area contributed by atoms with Crippen LogP contribution in [0.25, 0.3) is 0 Å². The van der Waals surface area contributed by atoms with Gasteiger partial charge in [-0.1, -0.05) is 72.8 Å². The summed E-state index contributed by atoms with van der Waals surface area (Å²) in [4.78, 5) is 0. The van der Waals surface area contributed by atoms with E-state index < -0.39 is 0 Å². The van der Waals surface area contributed by atoms with Gasteiger partial charge in [0.15, 0.2) is 0 Å². The van der Waals surface area contributed by atoms with Crippen molar-refractivity contribution < 1.29 is 0 Å². The van der Waals surface area contributed by atoms with Crippen molar-refractivity contribution in [3.63, 3.8) is 0 Å². The van der Waals surface area contributed by atoms with E-state index in [9.17, 15) is 0 Å². The molecule has 1 N–H and O–H groups in total. The quantitative estimate of drug-likeness (QED) is 0.719. The maximum absolute atomic E-state index is 9.01. The average Bonchev–Trinajstić information content (AvgIpc) is 2.67. The van der Waals surface area contributed by atoms with Gasteiger partial charge in [-0.15, -0.1) is 0 Å². The Balaban J connectivity index is 1.92. The lowest BCUT2D eigenvalue weighted by Gasteiger charge is -2.25. The minimum Gasteiger partial charge on any atom is -0.300 e. The van der Waals surface area contributed by atoms with Crippen molar-refractivity contribution in [3.8, 4) is 6.07 Å². The molecular formula is C22H20N2. The van der Waals surface area contributed by atoms with Crippen molar-refractivity contribution >= 4 is 0 Å². The van der Waals surface area contributed by atoms with Crippen molar-refractivity contribution in [2.75, 3.05) is 0 Å². The fraction of sp³-hybridized carbons (Fsp3) is 0.136. The van der Waals surface area contributed by atoms with E-state index >= 15 is 0 Å². The third-order valence-corrected chi connectivity index (χ3v) is 4.22. The molecule has 0 aliphatic carbocycles. The fourth-order valence-electron chi connectivity index (χ4n) is 2.87. The Labute approximate surface area is 143 Å². The molecule has 118 valence electrons. The summed E-state index contributed by atoms with van der Waals surface area (Å²) >= 11 is 0. The zero-order valence-electron chi connectivity index (χ0n) is 13.7. The number of rotatable bonds is 5.